The highest BCUT2D eigenvalue weighted by molar-refractivity contribution is 7.13. The van der Waals surface area contributed by atoms with E-state index < -0.39 is 0 Å². The third-order valence-corrected chi connectivity index (χ3v) is 7.98. The van der Waals surface area contributed by atoms with E-state index in [1.165, 1.54) is 5.57 Å². The molecular formula is C34H29N9OS. The van der Waals surface area contributed by atoms with Crippen LogP contribution in [-0.4, -0.2) is 29.9 Å². The predicted molar refractivity (Wildman–Crippen MR) is 184 cm³/mol. The first-order valence-corrected chi connectivity index (χ1v) is 15.1. The maximum absolute atomic E-state index is 5.71. The summed E-state index contributed by atoms with van der Waals surface area (Å²) < 4.78 is 5.25. The highest BCUT2D eigenvalue weighted by Crippen LogP contribution is 2.26. The summed E-state index contributed by atoms with van der Waals surface area (Å²) in [5.41, 5.74) is 26.3. The summed E-state index contributed by atoms with van der Waals surface area (Å²) in [7, 11) is 0. The molecule has 9 rings (SSSR count). The standard InChI is InChI=1S/C12H11N3.C11H9N3O.C11H9N3S/c13-9-5-6-10-11(7-9)15-12(14-10)8-3-1-2-4-8;2*12-7-3-4-8-9(6-7)14-11(13-8)10-2-1-5-15-10/h1-3,5-7H,4,13H2,(H,14,15);2*1-6H,12H2,(H,13,14). The number of nitrogen functional groups attached to an aromatic ring is 3. The van der Waals surface area contributed by atoms with Gasteiger partial charge in [-0.15, -0.1) is 11.3 Å². The van der Waals surface area contributed by atoms with E-state index in [-0.39, 0.29) is 0 Å². The van der Waals surface area contributed by atoms with Crippen LogP contribution in [0.5, 0.6) is 0 Å². The molecule has 8 aromatic rings. The number of imidazole rings is 3. The number of fused-ring (bicyclic) bond motifs is 3. The van der Waals surface area contributed by atoms with Gasteiger partial charge in [-0.3, -0.25) is 0 Å². The average molecular weight is 612 g/mol. The van der Waals surface area contributed by atoms with Crippen LogP contribution in [0.25, 0.3) is 61.0 Å². The van der Waals surface area contributed by atoms with Crippen LogP contribution in [0.2, 0.25) is 0 Å². The quantitative estimate of drug-likeness (QED) is 0.110. The molecule has 9 N–H and O–H groups in total. The van der Waals surface area contributed by atoms with Gasteiger partial charge >= 0.3 is 0 Å². The molecule has 45 heavy (non-hydrogen) atoms. The first-order valence-electron chi connectivity index (χ1n) is 14.2. The van der Waals surface area contributed by atoms with E-state index in [1.54, 1.807) is 17.6 Å². The second kappa shape index (κ2) is 11.9. The monoisotopic (exact) mass is 611 g/mol. The molecule has 0 aliphatic heterocycles. The van der Waals surface area contributed by atoms with Crippen LogP contribution in [0.3, 0.4) is 0 Å². The molecule has 0 saturated carbocycles. The number of nitrogens with two attached hydrogens (primary N) is 3. The zero-order valence-electron chi connectivity index (χ0n) is 24.0. The number of nitrogens with zero attached hydrogens (tertiary/aromatic N) is 3. The molecule has 222 valence electrons. The molecular weight excluding hydrogens is 583 g/mol. The second-order valence-electron chi connectivity index (χ2n) is 10.4. The number of aromatic amines is 3. The van der Waals surface area contributed by atoms with Crippen molar-refractivity contribution >= 4 is 67.1 Å². The van der Waals surface area contributed by atoms with Gasteiger partial charge in [-0.2, -0.15) is 0 Å². The number of hydrogen-bond acceptors (Lipinski definition) is 8. The van der Waals surface area contributed by atoms with Gasteiger partial charge in [0.1, 0.15) is 11.6 Å². The van der Waals surface area contributed by atoms with Crippen molar-refractivity contribution in [2.45, 2.75) is 6.42 Å². The molecule has 0 fully saturated rings. The summed E-state index contributed by atoms with van der Waals surface area (Å²) >= 11 is 1.67. The van der Waals surface area contributed by atoms with Crippen LogP contribution in [0.4, 0.5) is 17.1 Å². The average Bonchev–Trinajstić information content (AvgIpc) is 3.88. The maximum atomic E-state index is 5.71. The summed E-state index contributed by atoms with van der Waals surface area (Å²) in [5, 5.41) is 2.04. The number of furan rings is 1. The Kier molecular flexibility index (Phi) is 7.34. The SMILES string of the molecule is Nc1ccc2nc(-c3ccco3)[nH]c2c1.Nc1ccc2nc(-c3cccs3)[nH]c2c1.Nc1ccc2nc(C3=CC=CC3)[nH]c2c1. The predicted octanol–water partition coefficient (Wildman–Crippen LogP) is 7.77. The highest BCUT2D eigenvalue weighted by atomic mass is 32.1. The Labute approximate surface area is 261 Å². The number of aromatic nitrogens is 6. The van der Waals surface area contributed by atoms with Crippen molar-refractivity contribution in [1.29, 1.82) is 0 Å². The summed E-state index contributed by atoms with van der Waals surface area (Å²) in [5.74, 6) is 3.30. The van der Waals surface area contributed by atoms with E-state index in [1.807, 2.05) is 84.2 Å². The fourth-order valence-electron chi connectivity index (χ4n) is 4.92. The van der Waals surface area contributed by atoms with Crippen molar-refractivity contribution < 1.29 is 4.42 Å². The van der Waals surface area contributed by atoms with Crippen molar-refractivity contribution in [3.8, 4) is 22.3 Å². The minimum Gasteiger partial charge on any atom is -0.461 e. The molecule has 3 aromatic carbocycles. The first-order chi connectivity index (χ1) is 22.0. The smallest absolute Gasteiger partial charge is 0.174 e. The lowest BCUT2D eigenvalue weighted by molar-refractivity contribution is 0.578. The molecule has 1 aliphatic carbocycles. The van der Waals surface area contributed by atoms with Gasteiger partial charge in [0, 0.05) is 17.1 Å². The number of allylic oxidation sites excluding steroid dienone is 4. The Balaban J connectivity index is 0.000000108. The molecule has 0 saturated heterocycles. The van der Waals surface area contributed by atoms with Crippen LogP contribution in [0.1, 0.15) is 12.2 Å². The molecule has 5 heterocycles. The van der Waals surface area contributed by atoms with E-state index in [0.717, 1.165) is 84.7 Å². The zero-order valence-corrected chi connectivity index (χ0v) is 24.8. The fraction of sp³-hybridized carbons (Fsp3) is 0.0294. The summed E-state index contributed by atoms with van der Waals surface area (Å²) in [6.45, 7) is 0. The van der Waals surface area contributed by atoms with Crippen LogP contribution in [0.15, 0.2) is 113 Å². The number of rotatable bonds is 3. The number of H-pyrrole nitrogens is 3. The van der Waals surface area contributed by atoms with Gasteiger partial charge < -0.3 is 36.6 Å². The lowest BCUT2D eigenvalue weighted by Gasteiger charge is -1.93. The van der Waals surface area contributed by atoms with E-state index in [0.29, 0.717) is 0 Å². The largest absolute Gasteiger partial charge is 0.461 e. The summed E-state index contributed by atoms with van der Waals surface area (Å²) in [6, 6.07) is 24.7. The van der Waals surface area contributed by atoms with Crippen molar-refractivity contribution in [2.75, 3.05) is 17.2 Å². The fourth-order valence-corrected chi connectivity index (χ4v) is 5.59. The van der Waals surface area contributed by atoms with Gasteiger partial charge in [-0.05, 0) is 90.2 Å². The number of anilines is 3. The molecule has 0 amide bonds. The Morgan fingerprint density at radius 1 is 0.644 bits per heavy atom. The second-order valence-corrected chi connectivity index (χ2v) is 11.3. The maximum Gasteiger partial charge on any atom is 0.174 e. The van der Waals surface area contributed by atoms with Crippen molar-refractivity contribution in [1.82, 2.24) is 29.9 Å². The minimum absolute atomic E-state index is 0.720. The zero-order chi connectivity index (χ0) is 30.8. The van der Waals surface area contributed by atoms with E-state index in [2.05, 4.69) is 48.1 Å². The summed E-state index contributed by atoms with van der Waals surface area (Å²) in [6.07, 6.45) is 8.83. The van der Waals surface area contributed by atoms with Crippen LogP contribution < -0.4 is 17.2 Å². The Morgan fingerprint density at radius 2 is 1.22 bits per heavy atom. The van der Waals surface area contributed by atoms with Crippen LogP contribution >= 0.6 is 11.3 Å². The molecule has 0 radical (unpaired) electrons. The molecule has 0 atom stereocenters. The van der Waals surface area contributed by atoms with Crippen molar-refractivity contribution in [3.63, 3.8) is 0 Å². The van der Waals surface area contributed by atoms with Crippen molar-refractivity contribution in [3.05, 3.63) is 115 Å². The molecule has 1 aliphatic rings. The number of hydrogen-bond donors (Lipinski definition) is 6. The Bertz CT molecular complexity index is 2180. The van der Waals surface area contributed by atoms with Crippen LogP contribution in [-0.2, 0) is 0 Å². The van der Waals surface area contributed by atoms with E-state index in [9.17, 15) is 0 Å². The van der Waals surface area contributed by atoms with Gasteiger partial charge in [0.15, 0.2) is 11.6 Å². The Hall–Kier alpha value is -6.07. The Morgan fingerprint density at radius 3 is 1.76 bits per heavy atom. The molecule has 0 spiro atoms. The van der Waals surface area contributed by atoms with E-state index >= 15 is 0 Å². The number of benzene rings is 3. The third kappa shape index (κ3) is 6.05. The van der Waals surface area contributed by atoms with Crippen molar-refractivity contribution in [2.24, 2.45) is 0 Å². The minimum atomic E-state index is 0.720. The molecule has 5 aromatic heterocycles. The molecule has 0 unspecified atom stereocenters. The third-order valence-electron chi connectivity index (χ3n) is 7.10. The van der Waals surface area contributed by atoms with Gasteiger partial charge in [-0.25, -0.2) is 15.0 Å². The molecule has 10 nitrogen and oxygen atoms in total. The number of thiophene rings is 1. The van der Waals surface area contributed by atoms with Gasteiger partial charge in [0.2, 0.25) is 0 Å². The lowest BCUT2D eigenvalue weighted by atomic mass is 10.2. The first kappa shape index (κ1) is 27.7. The highest BCUT2D eigenvalue weighted by Gasteiger charge is 2.09. The van der Waals surface area contributed by atoms with Crippen LogP contribution in [0, 0.1) is 0 Å². The van der Waals surface area contributed by atoms with Gasteiger partial charge in [0.25, 0.3) is 0 Å². The molecule has 0 bridgehead atoms. The summed E-state index contributed by atoms with van der Waals surface area (Å²) in [4.78, 5) is 24.2. The normalized spacial score (nSPS) is 12.2. The molecule has 11 heteroatoms. The van der Waals surface area contributed by atoms with E-state index in [4.69, 9.17) is 21.6 Å². The lowest BCUT2D eigenvalue weighted by Crippen LogP contribution is -1.83. The topological polar surface area (TPSA) is 177 Å². The van der Waals surface area contributed by atoms with Gasteiger partial charge in [-0.1, -0.05) is 24.3 Å². The number of nitrogens with one attached hydrogen (secondary N) is 3. The van der Waals surface area contributed by atoms with Gasteiger partial charge in [0.05, 0.1) is 44.2 Å².